The number of fused-ring (bicyclic) bond motifs is 1. The molecule has 0 spiro atoms. The average molecular weight is 539 g/mol. The van der Waals surface area contributed by atoms with Gasteiger partial charge < -0.3 is 14.2 Å². The van der Waals surface area contributed by atoms with Crippen molar-refractivity contribution in [1.29, 1.82) is 0 Å². The molecule has 196 valence electrons. The van der Waals surface area contributed by atoms with Gasteiger partial charge in [0.15, 0.2) is 4.80 Å². The number of benzene rings is 3. The molecule has 4 aromatic rings. The van der Waals surface area contributed by atoms with Gasteiger partial charge >= 0.3 is 5.97 Å². The van der Waals surface area contributed by atoms with Crippen LogP contribution in [0.25, 0.3) is 6.08 Å². The molecular weight excluding hydrogens is 512 g/mol. The molecule has 1 aromatic heterocycles. The second-order valence-electron chi connectivity index (χ2n) is 8.73. The number of rotatable bonds is 8. The lowest BCUT2D eigenvalue weighted by Crippen LogP contribution is -2.39. The van der Waals surface area contributed by atoms with E-state index >= 15 is 0 Å². The molecule has 3 aromatic carbocycles. The van der Waals surface area contributed by atoms with Gasteiger partial charge in [0, 0.05) is 0 Å². The molecule has 0 bridgehead atoms. The Kier molecular flexibility index (Phi) is 7.56. The number of hydrogen-bond acceptors (Lipinski definition) is 7. The first-order valence-electron chi connectivity index (χ1n) is 12.3. The van der Waals surface area contributed by atoms with Crippen LogP contribution in [-0.4, -0.2) is 24.3 Å². The maximum atomic E-state index is 13.8. The molecule has 0 fully saturated rings. The number of carbonyl (C=O) groups excluding carboxylic acids is 1. The molecule has 0 saturated carbocycles. The van der Waals surface area contributed by atoms with Gasteiger partial charge in [0.05, 0.1) is 29.0 Å². The van der Waals surface area contributed by atoms with E-state index in [-0.39, 0.29) is 12.2 Å². The highest BCUT2D eigenvalue weighted by molar-refractivity contribution is 7.07. The van der Waals surface area contributed by atoms with Gasteiger partial charge in [-0.1, -0.05) is 66.5 Å². The fourth-order valence-electron chi connectivity index (χ4n) is 4.34. The van der Waals surface area contributed by atoms with Crippen LogP contribution >= 0.6 is 11.3 Å². The standard InChI is InChI=1S/C31H26N2O5S/c1-4-17-37-30(35)27-20(2)32-31-33(28(27)22-13-15-23(36-3)16-14-22)29(34)26(39-31)19-21-9-8-12-25(18-21)38-24-10-6-5-7-11-24/h4-16,18-19,28H,1,17H2,2-3H3/b26-19-/t28-/m0/s1. The zero-order chi connectivity index (χ0) is 27.4. The Labute approximate surface area is 229 Å². The minimum atomic E-state index is -0.709. The van der Waals surface area contributed by atoms with Crippen LogP contribution in [0.15, 0.2) is 113 Å². The Morgan fingerprint density at radius 1 is 1.03 bits per heavy atom. The Hall–Kier alpha value is -4.69. The Morgan fingerprint density at radius 3 is 2.49 bits per heavy atom. The predicted octanol–water partition coefficient (Wildman–Crippen LogP) is 4.77. The molecule has 0 amide bonds. The molecule has 0 N–H and O–H groups in total. The first kappa shape index (κ1) is 25.9. The summed E-state index contributed by atoms with van der Waals surface area (Å²) in [5, 5.41) is 0. The minimum absolute atomic E-state index is 0.0523. The van der Waals surface area contributed by atoms with Crippen molar-refractivity contribution in [1.82, 2.24) is 4.57 Å². The minimum Gasteiger partial charge on any atom is -0.497 e. The van der Waals surface area contributed by atoms with E-state index < -0.39 is 12.0 Å². The summed E-state index contributed by atoms with van der Waals surface area (Å²) in [5.74, 6) is 1.50. The van der Waals surface area contributed by atoms with Crippen LogP contribution in [0.1, 0.15) is 24.1 Å². The Bertz CT molecular complexity index is 1730. The third kappa shape index (κ3) is 5.46. The molecule has 8 heteroatoms. The first-order chi connectivity index (χ1) is 19.0. The van der Waals surface area contributed by atoms with Crippen molar-refractivity contribution in [3.8, 4) is 17.2 Å². The fourth-order valence-corrected chi connectivity index (χ4v) is 5.39. The Balaban J connectivity index is 1.60. The van der Waals surface area contributed by atoms with E-state index in [2.05, 4.69) is 11.6 Å². The summed E-state index contributed by atoms with van der Waals surface area (Å²) in [6.45, 7) is 5.42. The third-order valence-corrected chi connectivity index (χ3v) is 7.12. The van der Waals surface area contributed by atoms with Crippen molar-refractivity contribution >= 4 is 23.4 Å². The van der Waals surface area contributed by atoms with Crippen molar-refractivity contribution in [2.24, 2.45) is 4.99 Å². The second kappa shape index (κ2) is 11.4. The summed E-state index contributed by atoms with van der Waals surface area (Å²) < 4.78 is 18.7. The van der Waals surface area contributed by atoms with Crippen LogP contribution < -0.4 is 24.4 Å². The molecule has 1 aliphatic heterocycles. The van der Waals surface area contributed by atoms with E-state index in [9.17, 15) is 9.59 Å². The number of hydrogen-bond donors (Lipinski definition) is 0. The largest absolute Gasteiger partial charge is 0.497 e. The van der Waals surface area contributed by atoms with Gasteiger partial charge in [-0.15, -0.1) is 0 Å². The SMILES string of the molecule is C=CCOC(=O)C1=C(C)N=c2s/c(=C\c3cccc(Oc4ccccc4)c3)c(=O)n2[C@H]1c1ccc(OC)cc1. The summed E-state index contributed by atoms with van der Waals surface area (Å²) in [6, 6.07) is 23.6. The maximum Gasteiger partial charge on any atom is 0.338 e. The van der Waals surface area contributed by atoms with E-state index in [0.29, 0.717) is 32.1 Å². The lowest BCUT2D eigenvalue weighted by atomic mass is 9.96. The third-order valence-electron chi connectivity index (χ3n) is 6.14. The molecule has 1 aliphatic rings. The number of esters is 1. The highest BCUT2D eigenvalue weighted by atomic mass is 32.1. The lowest BCUT2D eigenvalue weighted by Gasteiger charge is -2.24. The van der Waals surface area contributed by atoms with Gasteiger partial charge in [0.25, 0.3) is 5.56 Å². The highest BCUT2D eigenvalue weighted by Crippen LogP contribution is 2.31. The number of ether oxygens (including phenoxy) is 3. The number of thiazole rings is 1. The van der Waals surface area contributed by atoms with Crippen molar-refractivity contribution in [3.63, 3.8) is 0 Å². The summed E-state index contributed by atoms with van der Waals surface area (Å²) in [4.78, 5) is 32.1. The van der Waals surface area contributed by atoms with Crippen LogP contribution in [0, 0.1) is 0 Å². The van der Waals surface area contributed by atoms with Gasteiger partial charge in [-0.2, -0.15) is 0 Å². The van der Waals surface area contributed by atoms with Gasteiger partial charge in [-0.05, 0) is 60.5 Å². The van der Waals surface area contributed by atoms with E-state index in [1.54, 1.807) is 30.7 Å². The van der Waals surface area contributed by atoms with Gasteiger partial charge in [-0.3, -0.25) is 9.36 Å². The number of nitrogens with zero attached hydrogens (tertiary/aromatic N) is 2. The molecule has 0 aliphatic carbocycles. The topological polar surface area (TPSA) is 79.1 Å². The second-order valence-corrected chi connectivity index (χ2v) is 9.74. The van der Waals surface area contributed by atoms with Gasteiger partial charge in [-0.25, -0.2) is 9.79 Å². The first-order valence-corrected chi connectivity index (χ1v) is 13.1. The van der Waals surface area contributed by atoms with Crippen molar-refractivity contribution in [3.05, 3.63) is 134 Å². The lowest BCUT2D eigenvalue weighted by molar-refractivity contribution is -0.138. The van der Waals surface area contributed by atoms with Crippen molar-refractivity contribution < 1.29 is 19.0 Å². The normalized spacial score (nSPS) is 14.8. The summed E-state index contributed by atoms with van der Waals surface area (Å²) >= 11 is 1.27. The molecular formula is C31H26N2O5S. The zero-order valence-electron chi connectivity index (χ0n) is 21.5. The van der Waals surface area contributed by atoms with E-state index in [1.807, 2.05) is 72.8 Å². The Morgan fingerprint density at radius 2 is 1.77 bits per heavy atom. The number of allylic oxidation sites excluding steroid dienone is 1. The molecule has 2 heterocycles. The van der Waals surface area contributed by atoms with Crippen molar-refractivity contribution in [2.75, 3.05) is 13.7 Å². The molecule has 7 nitrogen and oxygen atoms in total. The fraction of sp³-hybridized carbons (Fsp3) is 0.129. The highest BCUT2D eigenvalue weighted by Gasteiger charge is 2.33. The van der Waals surface area contributed by atoms with Gasteiger partial charge in [0.1, 0.15) is 23.9 Å². The van der Waals surface area contributed by atoms with Gasteiger partial charge in [0.2, 0.25) is 0 Å². The summed E-state index contributed by atoms with van der Waals surface area (Å²) in [6.07, 6.45) is 3.31. The average Bonchev–Trinajstić information content (AvgIpc) is 3.25. The number of carbonyl (C=O) groups is 1. The summed E-state index contributed by atoms with van der Waals surface area (Å²) in [7, 11) is 1.58. The summed E-state index contributed by atoms with van der Waals surface area (Å²) in [5.41, 5.74) is 2.09. The predicted molar refractivity (Wildman–Crippen MR) is 151 cm³/mol. The van der Waals surface area contributed by atoms with Crippen LogP contribution in [0.2, 0.25) is 0 Å². The van der Waals surface area contributed by atoms with Crippen molar-refractivity contribution in [2.45, 2.75) is 13.0 Å². The smallest absolute Gasteiger partial charge is 0.338 e. The quantitative estimate of drug-likeness (QED) is 0.239. The number of para-hydroxylation sites is 1. The molecule has 39 heavy (non-hydrogen) atoms. The zero-order valence-corrected chi connectivity index (χ0v) is 22.3. The molecule has 5 rings (SSSR count). The number of aromatic nitrogens is 1. The molecule has 1 atom stereocenters. The molecule has 0 radical (unpaired) electrons. The molecule has 0 saturated heterocycles. The van der Waals surface area contributed by atoms with Crippen LogP contribution in [0.3, 0.4) is 0 Å². The van der Waals surface area contributed by atoms with E-state index in [1.165, 1.54) is 17.4 Å². The number of methoxy groups -OCH3 is 1. The van der Waals surface area contributed by atoms with Crippen LogP contribution in [0.4, 0.5) is 0 Å². The van der Waals surface area contributed by atoms with Crippen LogP contribution in [0.5, 0.6) is 17.2 Å². The van der Waals surface area contributed by atoms with E-state index in [0.717, 1.165) is 16.9 Å². The van der Waals surface area contributed by atoms with Crippen LogP contribution in [-0.2, 0) is 9.53 Å². The van der Waals surface area contributed by atoms with E-state index in [4.69, 9.17) is 14.2 Å². The molecule has 0 unspecified atom stereocenters. The monoisotopic (exact) mass is 538 g/mol. The maximum absolute atomic E-state index is 13.8.